The summed E-state index contributed by atoms with van der Waals surface area (Å²) in [5, 5.41) is 4.23. The van der Waals surface area contributed by atoms with Crippen LogP contribution in [0.15, 0.2) is 24.4 Å². The van der Waals surface area contributed by atoms with Gasteiger partial charge < -0.3 is 4.74 Å². The minimum absolute atomic E-state index is 0.0644. The zero-order chi connectivity index (χ0) is 19.9. The van der Waals surface area contributed by atoms with Crippen LogP contribution in [0.4, 0.5) is 13.2 Å². The second-order valence-electron chi connectivity index (χ2n) is 6.57. The third-order valence-electron chi connectivity index (χ3n) is 4.36. The molecule has 0 amide bonds. The number of ether oxygens (including phenoxy) is 1. The van der Waals surface area contributed by atoms with Gasteiger partial charge in [0.25, 0.3) is 0 Å². The monoisotopic (exact) mass is 376 g/mol. The number of carbonyl (C=O) groups is 1. The normalized spacial score (nSPS) is 11.4. The minimum Gasteiger partial charge on any atom is -0.462 e. The molecule has 0 bridgehead atoms. The predicted octanol–water partition coefficient (Wildman–Crippen LogP) is 5.03. The Morgan fingerprint density at radius 1 is 1.22 bits per heavy atom. The molecule has 0 atom stereocenters. The molecule has 3 rings (SSSR count). The Balaban J connectivity index is 2.35. The molecule has 0 spiro atoms. The fourth-order valence-corrected chi connectivity index (χ4v) is 3.27. The molecule has 0 radical (unpaired) electrons. The quantitative estimate of drug-likeness (QED) is 0.474. The van der Waals surface area contributed by atoms with E-state index in [1.54, 1.807) is 19.9 Å². The number of rotatable bonds is 4. The fourth-order valence-electron chi connectivity index (χ4n) is 3.27. The lowest BCUT2D eigenvalue weighted by atomic mass is 9.97. The van der Waals surface area contributed by atoms with Crippen LogP contribution in [-0.2, 0) is 4.74 Å². The Morgan fingerprint density at radius 3 is 2.56 bits per heavy atom. The van der Waals surface area contributed by atoms with Gasteiger partial charge in [-0.05, 0) is 43.0 Å². The average molecular weight is 376 g/mol. The zero-order valence-corrected chi connectivity index (χ0v) is 15.4. The van der Waals surface area contributed by atoms with Crippen LogP contribution in [0.25, 0.3) is 16.8 Å². The molecule has 0 saturated heterocycles. The van der Waals surface area contributed by atoms with Crippen molar-refractivity contribution < 1.29 is 22.7 Å². The number of hydrogen-bond donors (Lipinski definition) is 0. The van der Waals surface area contributed by atoms with Crippen LogP contribution in [0.1, 0.15) is 48.2 Å². The Bertz CT molecular complexity index is 1040. The first kappa shape index (κ1) is 18.9. The largest absolute Gasteiger partial charge is 0.462 e. The van der Waals surface area contributed by atoms with E-state index in [-0.39, 0.29) is 23.8 Å². The SMILES string of the molecule is CCOC(=O)c1cnn2c(-c3cc(F)cc(F)c3F)cc(C)c2c1C(C)C. The van der Waals surface area contributed by atoms with Gasteiger partial charge in [0, 0.05) is 11.6 Å². The van der Waals surface area contributed by atoms with Crippen LogP contribution in [0.3, 0.4) is 0 Å². The molecule has 0 N–H and O–H groups in total. The average Bonchev–Trinajstić information content (AvgIpc) is 2.94. The molecule has 7 heteroatoms. The molecule has 0 fully saturated rings. The summed E-state index contributed by atoms with van der Waals surface area (Å²) < 4.78 is 48.2. The first-order valence-electron chi connectivity index (χ1n) is 8.59. The van der Waals surface area contributed by atoms with E-state index in [0.29, 0.717) is 28.3 Å². The number of nitrogens with zero attached hydrogens (tertiary/aromatic N) is 2. The zero-order valence-electron chi connectivity index (χ0n) is 15.4. The van der Waals surface area contributed by atoms with Crippen LogP contribution in [-0.4, -0.2) is 22.2 Å². The molecule has 0 aliphatic rings. The molecule has 142 valence electrons. The van der Waals surface area contributed by atoms with Crippen LogP contribution >= 0.6 is 0 Å². The van der Waals surface area contributed by atoms with Crippen LogP contribution in [0.5, 0.6) is 0 Å². The Kier molecular flexibility index (Phi) is 4.95. The van der Waals surface area contributed by atoms with Crippen molar-refractivity contribution in [3.63, 3.8) is 0 Å². The molecule has 4 nitrogen and oxygen atoms in total. The Labute approximate surface area is 154 Å². The molecule has 0 aliphatic carbocycles. The maximum atomic E-state index is 14.3. The van der Waals surface area contributed by atoms with Crippen LogP contribution in [0.2, 0.25) is 0 Å². The molecule has 27 heavy (non-hydrogen) atoms. The molecule has 1 aromatic carbocycles. The lowest BCUT2D eigenvalue weighted by Crippen LogP contribution is -2.13. The Hall–Kier alpha value is -2.83. The summed E-state index contributed by atoms with van der Waals surface area (Å²) in [6.45, 7) is 7.52. The van der Waals surface area contributed by atoms with Gasteiger partial charge in [-0.15, -0.1) is 0 Å². The first-order chi connectivity index (χ1) is 12.8. The minimum atomic E-state index is -1.27. The van der Waals surface area contributed by atoms with E-state index in [2.05, 4.69) is 5.10 Å². The van der Waals surface area contributed by atoms with Gasteiger partial charge in [0.2, 0.25) is 0 Å². The molecule has 3 aromatic rings. The highest BCUT2D eigenvalue weighted by molar-refractivity contribution is 5.94. The van der Waals surface area contributed by atoms with Gasteiger partial charge in [-0.25, -0.2) is 22.5 Å². The van der Waals surface area contributed by atoms with Crippen LogP contribution in [0, 0.1) is 24.4 Å². The fraction of sp³-hybridized carbons (Fsp3) is 0.300. The topological polar surface area (TPSA) is 43.6 Å². The smallest absolute Gasteiger partial charge is 0.340 e. The third kappa shape index (κ3) is 3.18. The van der Waals surface area contributed by atoms with Gasteiger partial charge in [0.1, 0.15) is 5.82 Å². The number of benzene rings is 1. The lowest BCUT2D eigenvalue weighted by Gasteiger charge is -2.15. The number of aromatic nitrogens is 2. The van der Waals surface area contributed by atoms with Gasteiger partial charge in [-0.2, -0.15) is 5.10 Å². The summed E-state index contributed by atoms with van der Waals surface area (Å²) >= 11 is 0. The third-order valence-corrected chi connectivity index (χ3v) is 4.36. The standard InChI is InChI=1S/C20H19F3N2O2/c1-5-27-20(26)14-9-24-25-16(6-11(4)19(25)17(14)10(2)3)13-7-12(21)8-15(22)18(13)23/h6-10H,5H2,1-4H3. The maximum absolute atomic E-state index is 14.3. The van der Waals surface area contributed by atoms with Crippen molar-refractivity contribution in [2.75, 3.05) is 6.61 Å². The summed E-state index contributed by atoms with van der Waals surface area (Å²) in [7, 11) is 0. The van der Waals surface area contributed by atoms with E-state index < -0.39 is 23.4 Å². The van der Waals surface area contributed by atoms with Crippen molar-refractivity contribution in [3.8, 4) is 11.3 Å². The molecule has 2 aromatic heterocycles. The number of fused-ring (bicyclic) bond motifs is 1. The van der Waals surface area contributed by atoms with Crippen molar-refractivity contribution in [2.45, 2.75) is 33.6 Å². The molecular weight excluding hydrogens is 357 g/mol. The van der Waals surface area contributed by atoms with Gasteiger partial charge in [-0.3, -0.25) is 0 Å². The van der Waals surface area contributed by atoms with E-state index in [1.165, 1.54) is 10.7 Å². The lowest BCUT2D eigenvalue weighted by molar-refractivity contribution is 0.0524. The summed E-state index contributed by atoms with van der Waals surface area (Å²) in [6, 6.07) is 3.02. The Morgan fingerprint density at radius 2 is 1.93 bits per heavy atom. The highest BCUT2D eigenvalue weighted by Crippen LogP contribution is 2.34. The van der Waals surface area contributed by atoms with Gasteiger partial charge in [-0.1, -0.05) is 13.8 Å². The second-order valence-corrected chi connectivity index (χ2v) is 6.57. The van der Waals surface area contributed by atoms with Crippen molar-refractivity contribution in [3.05, 3.63) is 58.5 Å². The number of aryl methyl sites for hydroxylation is 1. The van der Waals surface area contributed by atoms with Gasteiger partial charge in [0.15, 0.2) is 11.6 Å². The van der Waals surface area contributed by atoms with Gasteiger partial charge >= 0.3 is 5.97 Å². The van der Waals surface area contributed by atoms with Crippen molar-refractivity contribution >= 4 is 11.5 Å². The highest BCUT2D eigenvalue weighted by atomic mass is 19.2. The van der Waals surface area contributed by atoms with E-state index in [4.69, 9.17) is 4.74 Å². The molecule has 0 unspecified atom stereocenters. The summed E-state index contributed by atoms with van der Waals surface area (Å²) in [6.07, 6.45) is 1.34. The van der Waals surface area contributed by atoms with Gasteiger partial charge in [0.05, 0.1) is 29.6 Å². The first-order valence-corrected chi connectivity index (χ1v) is 8.59. The number of carbonyl (C=O) groups excluding carboxylic acids is 1. The maximum Gasteiger partial charge on any atom is 0.340 e. The summed E-state index contributed by atoms with van der Waals surface area (Å²) in [5.41, 5.74) is 2.27. The van der Waals surface area contributed by atoms with E-state index >= 15 is 0 Å². The second kappa shape index (κ2) is 7.06. The molecule has 0 aliphatic heterocycles. The predicted molar refractivity (Wildman–Crippen MR) is 95.3 cm³/mol. The summed E-state index contributed by atoms with van der Waals surface area (Å²) in [4.78, 5) is 12.3. The number of hydrogen-bond acceptors (Lipinski definition) is 3. The molecular formula is C20H19F3N2O2. The van der Waals surface area contributed by atoms with Crippen LogP contribution < -0.4 is 0 Å². The van der Waals surface area contributed by atoms with Crippen molar-refractivity contribution in [1.29, 1.82) is 0 Å². The van der Waals surface area contributed by atoms with E-state index in [9.17, 15) is 18.0 Å². The molecule has 0 saturated carbocycles. The van der Waals surface area contributed by atoms with Crippen molar-refractivity contribution in [1.82, 2.24) is 9.61 Å². The number of halogens is 3. The summed E-state index contributed by atoms with van der Waals surface area (Å²) in [5.74, 6) is -3.88. The van der Waals surface area contributed by atoms with E-state index in [1.807, 2.05) is 13.8 Å². The van der Waals surface area contributed by atoms with E-state index in [0.717, 1.165) is 6.07 Å². The van der Waals surface area contributed by atoms with Crippen molar-refractivity contribution in [2.24, 2.45) is 0 Å². The highest BCUT2D eigenvalue weighted by Gasteiger charge is 2.24. The number of esters is 1. The molecule has 2 heterocycles.